The van der Waals surface area contributed by atoms with Crippen LogP contribution in [0.2, 0.25) is 0 Å². The Kier molecular flexibility index (Phi) is 5.84. The zero-order valence-electron chi connectivity index (χ0n) is 13.6. The molecule has 2 saturated heterocycles. The smallest absolute Gasteiger partial charge is 0.336 e. The number of ether oxygens (including phenoxy) is 3. The van der Waals surface area contributed by atoms with E-state index in [4.69, 9.17) is 14.2 Å². The Morgan fingerprint density at radius 1 is 1.12 bits per heavy atom. The van der Waals surface area contributed by atoms with Crippen LogP contribution in [0.15, 0.2) is 12.1 Å². The van der Waals surface area contributed by atoms with Crippen molar-refractivity contribution in [1.82, 2.24) is 9.88 Å². The highest BCUT2D eigenvalue weighted by atomic mass is 16.5. The first-order valence-electron chi connectivity index (χ1n) is 8.23. The Labute approximate surface area is 140 Å². The fraction of sp³-hybridized carbons (Fsp3) is 0.625. The van der Waals surface area contributed by atoms with Crippen molar-refractivity contribution in [3.8, 4) is 5.88 Å². The Morgan fingerprint density at radius 2 is 1.79 bits per heavy atom. The molecule has 0 aliphatic carbocycles. The molecule has 0 amide bonds. The quantitative estimate of drug-likeness (QED) is 0.795. The number of hydrogen-bond acceptors (Lipinski definition) is 7. The van der Waals surface area contributed by atoms with Gasteiger partial charge in [-0.2, -0.15) is 4.98 Å². The second kappa shape index (κ2) is 8.27. The molecule has 2 aliphatic heterocycles. The summed E-state index contributed by atoms with van der Waals surface area (Å²) >= 11 is 0. The first-order chi connectivity index (χ1) is 11.7. The van der Waals surface area contributed by atoms with Gasteiger partial charge in [-0.05, 0) is 6.07 Å². The van der Waals surface area contributed by atoms with E-state index in [1.807, 2.05) is 4.90 Å². The van der Waals surface area contributed by atoms with E-state index >= 15 is 0 Å². The standard InChI is InChI=1S/C16H23N3O5/c20-16(21)13-11-14(19-4-8-23-9-5-19)17-15(12-13)24-10-3-18-1-6-22-7-2-18/h11-12H,1-10H2,(H,20,21). The second-order valence-electron chi connectivity index (χ2n) is 5.76. The van der Waals surface area contributed by atoms with Crippen molar-refractivity contribution in [2.75, 3.05) is 70.7 Å². The lowest BCUT2D eigenvalue weighted by atomic mass is 10.2. The van der Waals surface area contributed by atoms with Crippen LogP contribution in [0.3, 0.4) is 0 Å². The van der Waals surface area contributed by atoms with Crippen LogP contribution < -0.4 is 9.64 Å². The normalized spacial score (nSPS) is 19.2. The molecular formula is C16H23N3O5. The molecule has 1 aromatic heterocycles. The van der Waals surface area contributed by atoms with E-state index in [9.17, 15) is 9.90 Å². The molecule has 3 rings (SSSR count). The van der Waals surface area contributed by atoms with Crippen LogP contribution in [-0.4, -0.2) is 86.7 Å². The summed E-state index contributed by atoms with van der Waals surface area (Å²) in [5, 5.41) is 9.31. The number of morpholine rings is 2. The summed E-state index contributed by atoms with van der Waals surface area (Å²) in [6, 6.07) is 3.06. The fourth-order valence-electron chi connectivity index (χ4n) is 2.75. The summed E-state index contributed by atoms with van der Waals surface area (Å²) in [5.74, 6) is -0.00541. The number of carboxylic acid groups (broad SMARTS) is 1. The predicted molar refractivity (Wildman–Crippen MR) is 87.0 cm³/mol. The molecule has 0 atom stereocenters. The molecule has 0 bridgehead atoms. The molecule has 0 spiro atoms. The minimum Gasteiger partial charge on any atom is -0.478 e. The van der Waals surface area contributed by atoms with Crippen LogP contribution in [0.4, 0.5) is 5.82 Å². The third kappa shape index (κ3) is 4.56. The fourth-order valence-corrected chi connectivity index (χ4v) is 2.75. The molecule has 132 valence electrons. The van der Waals surface area contributed by atoms with Crippen LogP contribution in [0.1, 0.15) is 10.4 Å². The summed E-state index contributed by atoms with van der Waals surface area (Å²) in [7, 11) is 0. The van der Waals surface area contributed by atoms with Crippen LogP contribution >= 0.6 is 0 Å². The van der Waals surface area contributed by atoms with Crippen molar-refractivity contribution in [3.63, 3.8) is 0 Å². The average molecular weight is 337 g/mol. The molecular weight excluding hydrogens is 314 g/mol. The topological polar surface area (TPSA) is 84.4 Å². The van der Waals surface area contributed by atoms with Crippen molar-refractivity contribution in [2.45, 2.75) is 0 Å². The zero-order chi connectivity index (χ0) is 16.8. The van der Waals surface area contributed by atoms with Gasteiger partial charge in [0.15, 0.2) is 0 Å². The van der Waals surface area contributed by atoms with E-state index in [0.29, 0.717) is 44.6 Å². The second-order valence-corrected chi connectivity index (χ2v) is 5.76. The summed E-state index contributed by atoms with van der Waals surface area (Å²) in [5.41, 5.74) is 0.188. The molecule has 24 heavy (non-hydrogen) atoms. The molecule has 0 radical (unpaired) electrons. The van der Waals surface area contributed by atoms with Crippen molar-refractivity contribution in [3.05, 3.63) is 17.7 Å². The summed E-state index contributed by atoms with van der Waals surface area (Å²) in [6.45, 7) is 7.15. The number of aromatic carboxylic acids is 1. The van der Waals surface area contributed by atoms with Gasteiger partial charge in [-0.25, -0.2) is 4.79 Å². The summed E-state index contributed by atoms with van der Waals surface area (Å²) in [6.07, 6.45) is 0. The van der Waals surface area contributed by atoms with Gasteiger partial charge in [0.2, 0.25) is 5.88 Å². The van der Waals surface area contributed by atoms with Crippen LogP contribution in [0.5, 0.6) is 5.88 Å². The first kappa shape index (κ1) is 16.9. The molecule has 8 nitrogen and oxygen atoms in total. The van der Waals surface area contributed by atoms with Crippen molar-refractivity contribution in [1.29, 1.82) is 0 Å². The SMILES string of the molecule is O=C(O)c1cc(OCCN2CCOCC2)nc(N2CCOCC2)c1. The molecule has 0 aromatic carbocycles. The lowest BCUT2D eigenvalue weighted by molar-refractivity contribution is 0.0320. The highest BCUT2D eigenvalue weighted by Crippen LogP contribution is 2.21. The van der Waals surface area contributed by atoms with Crippen molar-refractivity contribution >= 4 is 11.8 Å². The number of nitrogens with zero attached hydrogens (tertiary/aromatic N) is 3. The van der Waals surface area contributed by atoms with Gasteiger partial charge in [0, 0.05) is 38.8 Å². The number of hydrogen-bond donors (Lipinski definition) is 1. The molecule has 1 aromatic rings. The van der Waals surface area contributed by atoms with Gasteiger partial charge in [-0.3, -0.25) is 4.90 Å². The van der Waals surface area contributed by atoms with Crippen LogP contribution in [-0.2, 0) is 9.47 Å². The van der Waals surface area contributed by atoms with Gasteiger partial charge in [-0.1, -0.05) is 0 Å². The third-order valence-electron chi connectivity index (χ3n) is 4.13. The Hall–Kier alpha value is -1.90. The number of carboxylic acids is 1. The molecule has 0 unspecified atom stereocenters. The number of rotatable bonds is 6. The summed E-state index contributed by atoms with van der Waals surface area (Å²) < 4.78 is 16.4. The van der Waals surface area contributed by atoms with Gasteiger partial charge in [0.1, 0.15) is 12.4 Å². The maximum Gasteiger partial charge on any atom is 0.336 e. The number of anilines is 1. The molecule has 1 N–H and O–H groups in total. The predicted octanol–water partition coefficient (Wildman–Crippen LogP) is 0.327. The zero-order valence-corrected chi connectivity index (χ0v) is 13.6. The lowest BCUT2D eigenvalue weighted by Crippen LogP contribution is -2.38. The third-order valence-corrected chi connectivity index (χ3v) is 4.13. The average Bonchev–Trinajstić information content (AvgIpc) is 2.63. The van der Waals surface area contributed by atoms with E-state index < -0.39 is 5.97 Å². The lowest BCUT2D eigenvalue weighted by Gasteiger charge is -2.28. The minimum absolute atomic E-state index is 0.188. The minimum atomic E-state index is -0.982. The maximum atomic E-state index is 11.4. The monoisotopic (exact) mass is 337 g/mol. The van der Waals surface area contributed by atoms with Gasteiger partial charge < -0.3 is 24.2 Å². The van der Waals surface area contributed by atoms with Gasteiger partial charge >= 0.3 is 5.97 Å². The van der Waals surface area contributed by atoms with E-state index in [2.05, 4.69) is 9.88 Å². The van der Waals surface area contributed by atoms with Gasteiger partial charge in [0.25, 0.3) is 0 Å². The summed E-state index contributed by atoms with van der Waals surface area (Å²) in [4.78, 5) is 20.1. The van der Waals surface area contributed by atoms with E-state index in [1.54, 1.807) is 6.07 Å². The number of pyridine rings is 1. The molecule has 3 heterocycles. The largest absolute Gasteiger partial charge is 0.478 e. The number of aromatic nitrogens is 1. The van der Waals surface area contributed by atoms with Crippen LogP contribution in [0, 0.1) is 0 Å². The highest BCUT2D eigenvalue weighted by Gasteiger charge is 2.17. The van der Waals surface area contributed by atoms with E-state index in [0.717, 1.165) is 32.8 Å². The Bertz CT molecular complexity index is 557. The van der Waals surface area contributed by atoms with Crippen molar-refractivity contribution in [2.24, 2.45) is 0 Å². The molecule has 2 aliphatic rings. The molecule has 2 fully saturated rings. The van der Waals surface area contributed by atoms with E-state index in [-0.39, 0.29) is 5.56 Å². The molecule has 8 heteroatoms. The highest BCUT2D eigenvalue weighted by molar-refractivity contribution is 5.89. The van der Waals surface area contributed by atoms with Crippen molar-refractivity contribution < 1.29 is 24.1 Å². The Balaban J connectivity index is 1.64. The Morgan fingerprint density at radius 3 is 2.46 bits per heavy atom. The number of carbonyl (C=O) groups is 1. The van der Waals surface area contributed by atoms with Gasteiger partial charge in [0.05, 0.1) is 32.0 Å². The van der Waals surface area contributed by atoms with Crippen LogP contribution in [0.25, 0.3) is 0 Å². The first-order valence-corrected chi connectivity index (χ1v) is 8.23. The maximum absolute atomic E-state index is 11.4. The van der Waals surface area contributed by atoms with Gasteiger partial charge in [-0.15, -0.1) is 0 Å². The van der Waals surface area contributed by atoms with E-state index in [1.165, 1.54) is 6.07 Å². The molecule has 0 saturated carbocycles.